The SMILES string of the molecule is CC(C)CC(NC(=O)CNC(=O)CNC(=O)C(NC(=O)c1csc(C(CC(N)=O)NC(=O)C(C)NC(=O)C(CO)NC(=O)C(C)NC(=O)c2coc(C(CC(N)=O)NC(=O)C(CO)NC(=O)c3csc(C(CO)NC(=O)C(C)NC(=O)c4csc(C(CC(N)=O)NC(=O)CNC(=O)C5CCCN5C(=O)C(CO)NC5=NC(CO)C(=O)NC5CCC(N)=O)n4)n3)n2)n1)C(C)O)C(=O)NCC(=O)O. The molecule has 6 rings (SSSR count). The minimum Gasteiger partial charge on any atom is -0.480 e. The summed E-state index contributed by atoms with van der Waals surface area (Å²) < 4.78 is 5.38. The van der Waals surface area contributed by atoms with Crippen LogP contribution in [0.25, 0.3) is 0 Å². The average Bonchev–Trinajstić information content (AvgIpc) is 1.25. The molecule has 0 saturated carbocycles. The van der Waals surface area contributed by atoms with Crippen molar-refractivity contribution in [2.45, 2.75) is 190 Å². The van der Waals surface area contributed by atoms with Crippen molar-refractivity contribution in [3.63, 3.8) is 0 Å². The second kappa shape index (κ2) is 52.9. The average molecular weight is 1980 g/mol. The molecule has 1 fully saturated rings. The number of hydrogen-bond donors (Lipinski definition) is 28. The Morgan fingerprint density at radius 3 is 1.49 bits per heavy atom. The molecule has 32 N–H and O–H groups in total. The number of hydrogen-bond acceptors (Lipinski definition) is 38. The zero-order valence-corrected chi connectivity index (χ0v) is 76.0. The van der Waals surface area contributed by atoms with Crippen LogP contribution in [0.15, 0.2) is 31.8 Å². The second-order valence-corrected chi connectivity index (χ2v) is 33.6. The van der Waals surface area contributed by atoms with Gasteiger partial charge >= 0.3 is 5.97 Å². The lowest BCUT2D eigenvalue weighted by atomic mass is 10.0. The van der Waals surface area contributed by atoms with Gasteiger partial charge in [-0.25, -0.2) is 19.9 Å². The van der Waals surface area contributed by atoms with Crippen LogP contribution in [0.2, 0.25) is 0 Å². The van der Waals surface area contributed by atoms with Gasteiger partial charge in [-0.3, -0.25) is 110 Å². The number of oxazole rings is 1. The van der Waals surface area contributed by atoms with Crippen molar-refractivity contribution in [2.24, 2.45) is 33.8 Å². The molecule has 136 heavy (non-hydrogen) atoms. The van der Waals surface area contributed by atoms with Crippen molar-refractivity contribution in [3.05, 3.63) is 66.1 Å². The number of aromatic nitrogens is 4. The fourth-order valence-electron chi connectivity index (χ4n) is 12.6. The highest BCUT2D eigenvalue weighted by Crippen LogP contribution is 2.26. The summed E-state index contributed by atoms with van der Waals surface area (Å²) in [5.74, 6) is -22.2. The molecule has 60 heteroatoms. The largest absolute Gasteiger partial charge is 0.480 e. The zero-order chi connectivity index (χ0) is 101. The van der Waals surface area contributed by atoms with Crippen molar-refractivity contribution in [3.8, 4) is 0 Å². The molecule has 0 aliphatic carbocycles. The standard InChI is InChI=1S/C76H107N27O30S3/c1-29(2)12-35(62(122)84-19-56(117)118)88-54(115)17-81-53(114)16-83-71(131)57(33(6)109)102-69(129)47-28-135-74(100-47)38(15-52(80)113)94-59(119)30(3)85-63(123)40(21-105)95-60(120)31(4)86-66(126)44-25-133-72(98-44)36(13-50(78)111)93-65(125)41(22-106)96-68(128)46-27-136-75(101-46)42(23-107)97-61(121)32(5)87-67(127)45-26-134-73(99-45)37(14-51(79)112)89-55(116)18-82-70(130)48-8-7-11-103(48)76(132)43(24-108)91-58-34(9-10-49(77)110)92-64(124)39(20-104)90-58/h25-43,48,57,104-109H,7-24H2,1-6H3,(H2,77,110)(H2,78,111)(H2,79,112)(H2,80,113)(H,81,114)(H,82,130)(H,83,131)(H,84,122)(H,85,123)(H,86,126)(H,87,127)(H,88,115)(H,89,116)(H,90,91)(H,92,124)(H,93,125)(H,94,119)(H,95,120)(H,96,128)(H,97,121)(H,102,129)(H,117,118). The molecule has 0 aromatic carbocycles. The number of aliphatic imine (C=N–C) groups is 1. The molecule has 21 amide bonds. The number of aliphatic hydroxyl groups excluding tert-OH is 6. The van der Waals surface area contributed by atoms with E-state index in [1.165, 1.54) is 12.3 Å². The van der Waals surface area contributed by atoms with Gasteiger partial charge in [0.2, 0.25) is 106 Å². The first-order chi connectivity index (χ1) is 64.2. The number of carboxylic acid groups (broad SMARTS) is 1. The first kappa shape index (κ1) is 110. The summed E-state index contributed by atoms with van der Waals surface area (Å²) in [7, 11) is 0. The van der Waals surface area contributed by atoms with Gasteiger partial charge in [0, 0.05) is 29.1 Å². The first-order valence-corrected chi connectivity index (χ1v) is 44.1. The minimum atomic E-state index is -1.84. The van der Waals surface area contributed by atoms with Gasteiger partial charge in [-0.2, -0.15) is 0 Å². The van der Waals surface area contributed by atoms with Gasteiger partial charge in [0.05, 0.1) is 96.2 Å². The highest BCUT2D eigenvalue weighted by Gasteiger charge is 2.42. The lowest BCUT2D eigenvalue weighted by Gasteiger charge is -2.32. The molecule has 2 aliphatic heterocycles. The molecule has 0 radical (unpaired) electrons. The van der Waals surface area contributed by atoms with Crippen LogP contribution >= 0.6 is 34.0 Å². The normalized spacial score (nSPS) is 16.8. The summed E-state index contributed by atoms with van der Waals surface area (Å²) in [6.45, 7) is 0.704. The molecule has 16 unspecified atom stereocenters. The first-order valence-electron chi connectivity index (χ1n) is 41.5. The Morgan fingerprint density at radius 2 is 0.956 bits per heavy atom. The monoisotopic (exact) mass is 1970 g/mol. The van der Waals surface area contributed by atoms with E-state index >= 15 is 0 Å². The molecule has 744 valence electrons. The van der Waals surface area contributed by atoms with Gasteiger partial charge in [-0.05, 0) is 59.3 Å². The van der Waals surface area contributed by atoms with E-state index in [1.807, 2.05) is 0 Å². The number of likely N-dealkylation sites (tertiary alicyclic amines) is 1. The van der Waals surface area contributed by atoms with Gasteiger partial charge in [-0.15, -0.1) is 34.0 Å². The molecule has 4 aromatic heterocycles. The van der Waals surface area contributed by atoms with Crippen molar-refractivity contribution in [1.82, 2.24) is 115 Å². The smallest absolute Gasteiger partial charge is 0.322 e. The number of amidine groups is 1. The van der Waals surface area contributed by atoms with Crippen LogP contribution in [0.5, 0.6) is 0 Å². The van der Waals surface area contributed by atoms with Gasteiger partial charge in [-0.1, -0.05) is 13.8 Å². The van der Waals surface area contributed by atoms with Gasteiger partial charge in [0.1, 0.15) is 117 Å². The quantitative estimate of drug-likeness (QED) is 0.0195. The lowest BCUT2D eigenvalue weighted by Crippen LogP contribution is -2.61. The van der Waals surface area contributed by atoms with Crippen LogP contribution in [-0.4, -0.2) is 335 Å². The highest BCUT2D eigenvalue weighted by molar-refractivity contribution is 7.10. The highest BCUT2D eigenvalue weighted by atomic mass is 32.1. The number of nitrogens with zero attached hydrogens (tertiary/aromatic N) is 6. The van der Waals surface area contributed by atoms with Crippen molar-refractivity contribution in [1.29, 1.82) is 0 Å². The topological polar surface area (TPSA) is 906 Å². The number of carboxylic acids is 1. The van der Waals surface area contributed by atoms with E-state index in [1.54, 1.807) is 13.8 Å². The Labute approximate surface area is 782 Å². The van der Waals surface area contributed by atoms with E-state index in [-0.39, 0.29) is 64.7 Å². The lowest BCUT2D eigenvalue weighted by molar-refractivity contribution is -0.140. The number of carbonyl (C=O) groups is 22. The van der Waals surface area contributed by atoms with Crippen molar-refractivity contribution in [2.75, 3.05) is 65.8 Å². The Balaban J connectivity index is 0.954. The maximum atomic E-state index is 13.8. The molecular weight excluding hydrogens is 1870 g/mol. The number of aliphatic hydroxyl groups is 6. The number of primary amides is 4. The number of carbonyl (C=O) groups excluding carboxylic acids is 21. The molecule has 4 aromatic rings. The fourth-order valence-corrected chi connectivity index (χ4v) is 15.2. The maximum absolute atomic E-state index is 13.8. The maximum Gasteiger partial charge on any atom is 0.322 e. The fraction of sp³-hybridized carbons (Fsp3) is 0.539. The Bertz CT molecular complexity index is 5100. The summed E-state index contributed by atoms with van der Waals surface area (Å²) in [5, 5.41) is 113. The van der Waals surface area contributed by atoms with E-state index in [2.05, 4.69) is 115 Å². The summed E-state index contributed by atoms with van der Waals surface area (Å²) >= 11 is 2.25. The van der Waals surface area contributed by atoms with E-state index in [0.717, 1.165) is 76.7 Å². The molecular formula is C76H107N27O30S3. The minimum absolute atomic E-state index is 0.0263. The van der Waals surface area contributed by atoms with Crippen LogP contribution < -0.4 is 113 Å². The van der Waals surface area contributed by atoms with E-state index in [4.69, 9.17) is 32.5 Å². The third-order valence-corrected chi connectivity index (χ3v) is 22.5. The predicted molar refractivity (Wildman–Crippen MR) is 465 cm³/mol. The van der Waals surface area contributed by atoms with E-state index in [0.29, 0.717) is 6.42 Å². The number of aliphatic carboxylic acids is 1. The predicted octanol–water partition coefficient (Wildman–Crippen LogP) is -13.3. The number of rotatable bonds is 54. The summed E-state index contributed by atoms with van der Waals surface area (Å²) in [5.41, 5.74) is 20.0. The van der Waals surface area contributed by atoms with Gasteiger partial charge < -0.3 is 158 Å². The van der Waals surface area contributed by atoms with Crippen LogP contribution in [-0.2, 0) is 86.3 Å². The van der Waals surface area contributed by atoms with Crippen LogP contribution in [0, 0.1) is 5.92 Å². The summed E-state index contributed by atoms with van der Waals surface area (Å²) in [6, 6.07) is -21.4. The third-order valence-electron chi connectivity index (χ3n) is 19.6. The molecule has 57 nitrogen and oxygen atoms in total. The van der Waals surface area contributed by atoms with Crippen LogP contribution in [0.3, 0.4) is 0 Å². The van der Waals surface area contributed by atoms with Crippen molar-refractivity contribution < 1.29 is 146 Å². The number of thiazole rings is 3. The molecule has 16 atom stereocenters. The van der Waals surface area contributed by atoms with Gasteiger partial charge in [0.15, 0.2) is 11.7 Å². The zero-order valence-electron chi connectivity index (χ0n) is 73.6. The second-order valence-electron chi connectivity index (χ2n) is 31.0. The molecule has 0 spiro atoms. The number of amides is 21. The van der Waals surface area contributed by atoms with E-state index in [9.17, 15) is 136 Å². The van der Waals surface area contributed by atoms with Crippen LogP contribution in [0.4, 0.5) is 0 Å². The van der Waals surface area contributed by atoms with Gasteiger partial charge in [0.25, 0.3) is 23.6 Å². The Kier molecular flexibility index (Phi) is 43.0. The van der Waals surface area contributed by atoms with Crippen LogP contribution in [0.1, 0.15) is 180 Å². The number of nitrogens with two attached hydrogens (primary N) is 4. The number of nitrogens with one attached hydrogen (secondary N) is 17. The van der Waals surface area contributed by atoms with E-state index < -0.39 is 328 Å². The Hall–Kier alpha value is -14.3. The Morgan fingerprint density at radius 1 is 0.485 bits per heavy atom. The molecule has 2 aliphatic rings. The summed E-state index contributed by atoms with van der Waals surface area (Å²) in [4.78, 5) is 306. The third kappa shape index (κ3) is 34.0. The summed E-state index contributed by atoms with van der Waals surface area (Å²) in [6.07, 6.45) is -2.52. The molecule has 0 bridgehead atoms. The molecule has 6 heterocycles. The molecule has 1 saturated heterocycles. The van der Waals surface area contributed by atoms with Crippen molar-refractivity contribution >= 4 is 170 Å².